The van der Waals surface area contributed by atoms with E-state index in [1.54, 1.807) is 0 Å². The predicted molar refractivity (Wildman–Crippen MR) is 104 cm³/mol. The largest absolute Gasteiger partial charge is 0 e. The summed E-state index contributed by atoms with van der Waals surface area (Å²) in [4.78, 5) is 8.89. The molecule has 0 unspecified atom stereocenters. The molecule has 2 aromatic carbocycles. The number of nitrogens with zero attached hydrogens (tertiary/aromatic N) is 2. The molecule has 2 nitrogen and oxygen atoms in total. The molecule has 2 radical (unpaired) electrons. The van der Waals surface area contributed by atoms with Crippen LogP contribution in [-0.4, -0.2) is 42.0 Å². The van der Waals surface area contributed by atoms with E-state index in [9.17, 15) is 0 Å². The summed E-state index contributed by atoms with van der Waals surface area (Å²) < 4.78 is 2.24. The molecule has 0 saturated carbocycles. The number of hydrogen-bond donors (Lipinski definition) is 0. The second-order valence-corrected chi connectivity index (χ2v) is 7.41. The van der Waals surface area contributed by atoms with E-state index in [0.29, 0.717) is 0 Å². The van der Waals surface area contributed by atoms with Gasteiger partial charge in [0.25, 0.3) is 0 Å². The van der Waals surface area contributed by atoms with Crippen molar-refractivity contribution >= 4 is 62.8 Å². The number of para-hydroxylation sites is 2. The van der Waals surface area contributed by atoms with Crippen molar-refractivity contribution < 1.29 is 16.5 Å². The quantitative estimate of drug-likeness (QED) is 0.347. The summed E-state index contributed by atoms with van der Waals surface area (Å²) in [5, 5.41) is 2.38. The van der Waals surface area contributed by atoms with Crippen molar-refractivity contribution in [2.75, 3.05) is 0 Å². The number of aromatic nitrogens is 2. The molecular weight excluding hydrogens is 485 g/mol. The van der Waals surface area contributed by atoms with Crippen LogP contribution in [0.4, 0.5) is 0 Å². The molecule has 0 amide bonds. The third-order valence-electron chi connectivity index (χ3n) is 3.64. The monoisotopic (exact) mass is 502 g/mol. The standard InChI is InChI=1S/2C10H8NSe.Ni/c2*1-7-5-6-8-3-2-4-9(12)10(8)11-7;/h2*2-6H,1H3;. The van der Waals surface area contributed by atoms with Gasteiger partial charge in [-0.05, 0) is 0 Å². The Morgan fingerprint density at radius 1 is 0.600 bits per heavy atom. The molecule has 0 fully saturated rings. The van der Waals surface area contributed by atoms with Crippen molar-refractivity contribution in [2.45, 2.75) is 13.8 Å². The van der Waals surface area contributed by atoms with E-state index in [-0.39, 0.29) is 16.5 Å². The maximum atomic E-state index is 4.44. The van der Waals surface area contributed by atoms with E-state index in [2.05, 4.69) is 66.3 Å². The first-order valence-electron chi connectivity index (χ1n) is 7.61. The second kappa shape index (κ2) is 8.94. The van der Waals surface area contributed by atoms with E-state index >= 15 is 0 Å². The van der Waals surface area contributed by atoms with Crippen molar-refractivity contribution in [1.82, 2.24) is 9.97 Å². The van der Waals surface area contributed by atoms with Gasteiger partial charge in [-0.2, -0.15) is 0 Å². The van der Waals surface area contributed by atoms with Gasteiger partial charge in [0.05, 0.1) is 0 Å². The van der Waals surface area contributed by atoms with E-state index in [1.165, 1.54) is 10.8 Å². The molecule has 4 aromatic rings. The smallest absolute Gasteiger partial charge is 0 e. The van der Waals surface area contributed by atoms with Crippen LogP contribution in [0, 0.1) is 13.8 Å². The first kappa shape index (κ1) is 20.1. The Hall–Kier alpha value is -1.21. The molecule has 128 valence electrons. The summed E-state index contributed by atoms with van der Waals surface area (Å²) in [6, 6.07) is 20.5. The van der Waals surface area contributed by atoms with E-state index < -0.39 is 0 Å². The van der Waals surface area contributed by atoms with Gasteiger partial charge in [0.15, 0.2) is 0 Å². The summed E-state index contributed by atoms with van der Waals surface area (Å²) in [7, 11) is 0. The van der Waals surface area contributed by atoms with Gasteiger partial charge in [0.1, 0.15) is 0 Å². The first-order chi connectivity index (χ1) is 11.5. The normalized spacial score (nSPS) is 10.0. The molecular formula is C20H16N2NiSe2. The van der Waals surface area contributed by atoms with Crippen LogP contribution in [-0.2, 0) is 16.5 Å². The van der Waals surface area contributed by atoms with Gasteiger partial charge < -0.3 is 0 Å². The van der Waals surface area contributed by atoms with E-state index in [4.69, 9.17) is 0 Å². The molecule has 0 spiro atoms. The number of hydrogen-bond acceptors (Lipinski definition) is 2. The average Bonchev–Trinajstić information content (AvgIpc) is 2.57. The molecule has 2 heterocycles. The zero-order chi connectivity index (χ0) is 17.1. The minimum Gasteiger partial charge on any atom is 0 e. The van der Waals surface area contributed by atoms with Crippen molar-refractivity contribution in [3.05, 3.63) is 72.1 Å². The molecule has 4 rings (SSSR count). The van der Waals surface area contributed by atoms with Crippen molar-refractivity contribution in [2.24, 2.45) is 0 Å². The summed E-state index contributed by atoms with van der Waals surface area (Å²) in [5.41, 5.74) is 4.26. The van der Waals surface area contributed by atoms with Crippen LogP contribution in [0.15, 0.2) is 60.7 Å². The van der Waals surface area contributed by atoms with E-state index in [0.717, 1.165) is 31.3 Å². The second-order valence-electron chi connectivity index (χ2n) is 5.56. The molecule has 0 atom stereocenters. The van der Waals surface area contributed by atoms with Crippen LogP contribution in [0.5, 0.6) is 0 Å². The molecule has 0 N–H and O–H groups in total. The predicted octanol–water partition coefficient (Wildman–Crippen LogP) is 2.67. The molecule has 25 heavy (non-hydrogen) atoms. The third kappa shape index (κ3) is 4.91. The molecule has 0 aliphatic rings. The van der Waals surface area contributed by atoms with Crippen molar-refractivity contribution in [3.63, 3.8) is 0 Å². The maximum Gasteiger partial charge on any atom is 0 e. The Morgan fingerprint density at radius 2 is 1.00 bits per heavy atom. The first-order valence-corrected chi connectivity index (χ1v) is 9.33. The van der Waals surface area contributed by atoms with Gasteiger partial charge in [0, 0.05) is 16.5 Å². The van der Waals surface area contributed by atoms with Crippen LogP contribution < -0.4 is 8.92 Å². The Labute approximate surface area is 174 Å². The minimum atomic E-state index is 0. The van der Waals surface area contributed by atoms with Crippen LogP contribution in [0.2, 0.25) is 0 Å². The van der Waals surface area contributed by atoms with Crippen LogP contribution in [0.3, 0.4) is 0 Å². The van der Waals surface area contributed by atoms with Gasteiger partial charge in [-0.3, -0.25) is 0 Å². The molecule has 5 heteroatoms. The van der Waals surface area contributed by atoms with Crippen LogP contribution in [0.25, 0.3) is 21.8 Å². The summed E-state index contributed by atoms with van der Waals surface area (Å²) in [6.45, 7) is 4.01. The Morgan fingerprint density at radius 3 is 1.40 bits per heavy atom. The van der Waals surface area contributed by atoms with Crippen molar-refractivity contribution in [1.29, 1.82) is 0 Å². The number of aryl methyl sites for hydroxylation is 2. The Balaban J connectivity index is 0.000000173. The summed E-state index contributed by atoms with van der Waals surface area (Å²) in [5.74, 6) is 0. The number of rotatable bonds is 0. The molecule has 0 aliphatic carbocycles. The van der Waals surface area contributed by atoms with Gasteiger partial charge in [0.2, 0.25) is 0 Å². The summed E-state index contributed by atoms with van der Waals surface area (Å²) >= 11 is 6.02. The van der Waals surface area contributed by atoms with Gasteiger partial charge in [-0.1, -0.05) is 0 Å². The fraction of sp³-hybridized carbons (Fsp3) is 0.100. The zero-order valence-electron chi connectivity index (χ0n) is 13.8. The number of benzene rings is 2. The van der Waals surface area contributed by atoms with Crippen LogP contribution in [0.1, 0.15) is 11.4 Å². The molecule has 2 aromatic heterocycles. The molecule has 0 saturated heterocycles. The topological polar surface area (TPSA) is 25.8 Å². The Kier molecular flexibility index (Phi) is 7.19. The number of fused-ring (bicyclic) bond motifs is 2. The fourth-order valence-electron chi connectivity index (χ4n) is 2.43. The third-order valence-corrected chi connectivity index (χ3v) is 5.03. The molecule has 0 aliphatic heterocycles. The maximum absolute atomic E-state index is 4.44. The van der Waals surface area contributed by atoms with Gasteiger partial charge >= 0.3 is 159 Å². The fourth-order valence-corrected chi connectivity index (χ4v) is 3.45. The number of pyridine rings is 2. The van der Waals surface area contributed by atoms with Gasteiger partial charge in [-0.15, -0.1) is 0 Å². The average molecular weight is 501 g/mol. The SMILES string of the molecule is Cc1ccc2cccc([Se])c2n1.Cc1ccc2cccc([Se])c2n1.[Ni]. The zero-order valence-corrected chi connectivity index (χ0v) is 18.2. The minimum absolute atomic E-state index is 0. The summed E-state index contributed by atoms with van der Waals surface area (Å²) in [6.07, 6.45) is 0. The van der Waals surface area contributed by atoms with Crippen molar-refractivity contribution in [3.8, 4) is 0 Å². The van der Waals surface area contributed by atoms with Gasteiger partial charge in [-0.25, -0.2) is 0 Å². The van der Waals surface area contributed by atoms with E-state index in [1.807, 2.05) is 50.2 Å². The van der Waals surface area contributed by atoms with Crippen LogP contribution >= 0.6 is 0 Å². The molecule has 0 bridgehead atoms. The Bertz CT molecular complexity index is 936.